The summed E-state index contributed by atoms with van der Waals surface area (Å²) in [5.41, 5.74) is 2.12. The Hall–Kier alpha value is -2.66. The quantitative estimate of drug-likeness (QED) is 0.699. The van der Waals surface area contributed by atoms with Crippen LogP contribution in [0.4, 0.5) is 5.69 Å². The molecule has 1 aliphatic rings. The number of methoxy groups -OCH3 is 1. The highest BCUT2D eigenvalue weighted by Gasteiger charge is 2.31. The van der Waals surface area contributed by atoms with Crippen LogP contribution in [0.3, 0.4) is 0 Å². The minimum atomic E-state index is -0.168. The minimum absolute atomic E-state index is 0.168. The largest absolute Gasteiger partial charge is 0.497 e. The average Bonchev–Trinajstić information content (AvgIpc) is 2.82. The van der Waals surface area contributed by atoms with E-state index in [0.717, 1.165) is 11.3 Å². The Morgan fingerprint density at radius 3 is 2.41 bits per heavy atom. The van der Waals surface area contributed by atoms with Crippen molar-refractivity contribution in [2.24, 2.45) is 0 Å². The van der Waals surface area contributed by atoms with Crippen LogP contribution in [0.25, 0.3) is 6.08 Å². The van der Waals surface area contributed by atoms with Crippen molar-refractivity contribution in [3.05, 3.63) is 65.9 Å². The van der Waals surface area contributed by atoms with E-state index in [1.165, 1.54) is 4.90 Å². The number of rotatable bonds is 3. The molecule has 0 unspecified atom stereocenters. The maximum Gasteiger partial charge on any atom is 0.281 e. The Labute approximate surface area is 134 Å². The third kappa shape index (κ3) is 2.71. The molecule has 0 aromatic heterocycles. The van der Waals surface area contributed by atoms with Gasteiger partial charge in [-0.05, 0) is 48.1 Å². The van der Waals surface area contributed by atoms with E-state index < -0.39 is 0 Å². The van der Waals surface area contributed by atoms with Crippen molar-refractivity contribution in [3.8, 4) is 5.75 Å². The summed E-state index contributed by atoms with van der Waals surface area (Å²) in [7, 11) is 1.60. The number of hydrogen-bond acceptors (Lipinski definition) is 3. The van der Waals surface area contributed by atoms with E-state index in [1.807, 2.05) is 30.3 Å². The zero-order valence-corrected chi connectivity index (χ0v) is 12.8. The topological polar surface area (TPSA) is 41.6 Å². The Morgan fingerprint density at radius 2 is 1.77 bits per heavy atom. The lowest BCUT2D eigenvalue weighted by atomic mass is 10.2. The van der Waals surface area contributed by atoms with Crippen molar-refractivity contribution < 1.29 is 9.53 Å². The zero-order valence-electron chi connectivity index (χ0n) is 11.9. The number of ether oxygens (including phenoxy) is 1. The van der Waals surface area contributed by atoms with E-state index in [9.17, 15) is 4.79 Å². The molecule has 1 amide bonds. The van der Waals surface area contributed by atoms with Crippen molar-refractivity contribution >= 4 is 35.0 Å². The first-order valence-electron chi connectivity index (χ1n) is 6.75. The molecule has 0 radical (unpaired) electrons. The number of hydrogen-bond donors (Lipinski definition) is 1. The normalized spacial score (nSPS) is 16.0. The first-order valence-corrected chi connectivity index (χ1v) is 7.16. The SMILES string of the molecule is COc1ccc(N2C(=O)/C(=C/c3ccccc3)NC2=S)cc1. The summed E-state index contributed by atoms with van der Waals surface area (Å²) >= 11 is 5.28. The van der Waals surface area contributed by atoms with Crippen LogP contribution in [-0.2, 0) is 4.79 Å². The van der Waals surface area contributed by atoms with Crippen LogP contribution >= 0.6 is 12.2 Å². The number of thiocarbonyl (C=S) groups is 1. The Kier molecular flexibility index (Phi) is 3.89. The van der Waals surface area contributed by atoms with Gasteiger partial charge < -0.3 is 10.1 Å². The summed E-state index contributed by atoms with van der Waals surface area (Å²) in [4.78, 5) is 14.0. The smallest absolute Gasteiger partial charge is 0.281 e. The van der Waals surface area contributed by atoms with Crippen molar-refractivity contribution in [1.29, 1.82) is 0 Å². The van der Waals surface area contributed by atoms with Gasteiger partial charge >= 0.3 is 0 Å². The third-order valence-corrected chi connectivity index (χ3v) is 3.60. The third-order valence-electron chi connectivity index (χ3n) is 3.32. The monoisotopic (exact) mass is 310 g/mol. The Balaban J connectivity index is 1.89. The number of benzene rings is 2. The van der Waals surface area contributed by atoms with Crippen LogP contribution < -0.4 is 15.0 Å². The van der Waals surface area contributed by atoms with Crippen molar-refractivity contribution in [3.63, 3.8) is 0 Å². The minimum Gasteiger partial charge on any atom is -0.497 e. The summed E-state index contributed by atoms with van der Waals surface area (Å²) in [6, 6.07) is 16.8. The summed E-state index contributed by atoms with van der Waals surface area (Å²) in [5.74, 6) is 0.563. The van der Waals surface area contributed by atoms with E-state index in [-0.39, 0.29) is 5.91 Å². The lowest BCUT2D eigenvalue weighted by Gasteiger charge is -2.14. The molecule has 0 atom stereocenters. The van der Waals surface area contributed by atoms with Gasteiger partial charge in [-0.2, -0.15) is 0 Å². The summed E-state index contributed by atoms with van der Waals surface area (Å²) in [5, 5.41) is 3.34. The van der Waals surface area contributed by atoms with Gasteiger partial charge in [-0.15, -0.1) is 0 Å². The van der Waals surface area contributed by atoms with E-state index in [4.69, 9.17) is 17.0 Å². The fourth-order valence-corrected chi connectivity index (χ4v) is 2.52. The van der Waals surface area contributed by atoms with Crippen LogP contribution in [0.5, 0.6) is 5.75 Å². The zero-order chi connectivity index (χ0) is 15.5. The van der Waals surface area contributed by atoms with Crippen LogP contribution in [0.2, 0.25) is 0 Å². The molecule has 5 heteroatoms. The molecular weight excluding hydrogens is 296 g/mol. The molecule has 0 spiro atoms. The van der Waals surface area contributed by atoms with Gasteiger partial charge in [0.2, 0.25) is 0 Å². The number of anilines is 1. The van der Waals surface area contributed by atoms with E-state index >= 15 is 0 Å². The lowest BCUT2D eigenvalue weighted by molar-refractivity contribution is -0.113. The van der Waals surface area contributed by atoms with Crippen LogP contribution in [0.15, 0.2) is 60.3 Å². The molecule has 2 aromatic carbocycles. The molecule has 0 bridgehead atoms. The Bertz CT molecular complexity index is 739. The van der Waals surface area contributed by atoms with Crippen LogP contribution in [-0.4, -0.2) is 18.1 Å². The molecule has 1 heterocycles. The molecule has 1 fully saturated rings. The van der Waals surface area contributed by atoms with Crippen molar-refractivity contribution in [2.45, 2.75) is 0 Å². The van der Waals surface area contributed by atoms with Gasteiger partial charge in [0.15, 0.2) is 5.11 Å². The highest BCUT2D eigenvalue weighted by atomic mass is 32.1. The molecule has 22 heavy (non-hydrogen) atoms. The van der Waals surface area contributed by atoms with Crippen LogP contribution in [0.1, 0.15) is 5.56 Å². The highest BCUT2D eigenvalue weighted by Crippen LogP contribution is 2.24. The highest BCUT2D eigenvalue weighted by molar-refractivity contribution is 7.80. The molecule has 0 aliphatic carbocycles. The summed E-state index contributed by atoms with van der Waals surface area (Å²) in [6.45, 7) is 0. The number of nitrogens with one attached hydrogen (secondary N) is 1. The fraction of sp³-hybridized carbons (Fsp3) is 0.0588. The number of nitrogens with zero attached hydrogens (tertiary/aromatic N) is 1. The Morgan fingerprint density at radius 1 is 1.09 bits per heavy atom. The maximum absolute atomic E-state index is 12.6. The standard InChI is InChI=1S/C17H14N2O2S/c1-21-14-9-7-13(8-10-14)19-16(20)15(18-17(19)22)11-12-5-3-2-4-6-12/h2-11H,1H3,(H,18,22)/b15-11-. The molecule has 3 rings (SSSR count). The van der Waals surface area contributed by atoms with Gasteiger partial charge in [0.05, 0.1) is 12.8 Å². The molecule has 110 valence electrons. The maximum atomic E-state index is 12.6. The number of carbonyl (C=O) groups excluding carboxylic acids is 1. The van der Waals surface area contributed by atoms with Gasteiger partial charge in [0.1, 0.15) is 11.4 Å². The molecule has 1 aliphatic heterocycles. The number of carbonyl (C=O) groups is 1. The van der Waals surface area contributed by atoms with Crippen molar-refractivity contribution in [2.75, 3.05) is 12.0 Å². The summed E-state index contributed by atoms with van der Waals surface area (Å²) in [6.07, 6.45) is 1.79. The molecule has 0 saturated carbocycles. The van der Waals surface area contributed by atoms with Gasteiger partial charge in [0, 0.05) is 0 Å². The lowest BCUT2D eigenvalue weighted by Crippen LogP contribution is -2.30. The number of amides is 1. The first-order chi connectivity index (χ1) is 10.7. The van der Waals surface area contributed by atoms with Gasteiger partial charge in [-0.3, -0.25) is 9.69 Å². The molecule has 1 N–H and O–H groups in total. The molecular formula is C17H14N2O2S. The fourth-order valence-electron chi connectivity index (χ4n) is 2.22. The second-order valence-corrected chi connectivity index (χ2v) is 5.12. The van der Waals surface area contributed by atoms with Gasteiger partial charge in [-0.1, -0.05) is 30.3 Å². The van der Waals surface area contributed by atoms with E-state index in [0.29, 0.717) is 16.5 Å². The van der Waals surface area contributed by atoms with E-state index in [2.05, 4.69) is 5.32 Å². The van der Waals surface area contributed by atoms with Crippen molar-refractivity contribution in [1.82, 2.24) is 5.32 Å². The second-order valence-electron chi connectivity index (χ2n) is 4.74. The first kappa shape index (κ1) is 14.3. The summed E-state index contributed by atoms with van der Waals surface area (Å²) < 4.78 is 5.12. The van der Waals surface area contributed by atoms with Gasteiger partial charge in [-0.25, -0.2) is 0 Å². The van der Waals surface area contributed by atoms with Gasteiger partial charge in [0.25, 0.3) is 5.91 Å². The predicted molar refractivity (Wildman–Crippen MR) is 90.6 cm³/mol. The molecule has 2 aromatic rings. The average molecular weight is 310 g/mol. The predicted octanol–water partition coefficient (Wildman–Crippen LogP) is 2.96. The van der Waals surface area contributed by atoms with E-state index in [1.54, 1.807) is 37.5 Å². The second kappa shape index (κ2) is 5.99. The molecule has 1 saturated heterocycles. The van der Waals surface area contributed by atoms with Crippen LogP contribution in [0, 0.1) is 0 Å². The molecule has 4 nitrogen and oxygen atoms in total.